The van der Waals surface area contributed by atoms with E-state index in [1.54, 1.807) is 39.8 Å². The Balaban J connectivity index is 1.87. The molecule has 2 aromatic rings. The molecule has 156 valence electrons. The van der Waals surface area contributed by atoms with E-state index in [4.69, 9.17) is 13.9 Å². The standard InChI is InChI=1S/C19H23N3O7/c1-10(2)29-17(24)15-11(3)16(21-12(15)4)18(25)28-9-14(23)22-19(26)20-8-13-6-5-7-27-13/h5-7,10,21H,8-9H2,1-4H3,(H2,20,22,23,26). The van der Waals surface area contributed by atoms with Gasteiger partial charge in [-0.25, -0.2) is 14.4 Å². The van der Waals surface area contributed by atoms with Gasteiger partial charge < -0.3 is 24.2 Å². The summed E-state index contributed by atoms with van der Waals surface area (Å²) >= 11 is 0. The van der Waals surface area contributed by atoms with Gasteiger partial charge in [-0.05, 0) is 45.4 Å². The van der Waals surface area contributed by atoms with Crippen LogP contribution in [-0.4, -0.2) is 41.6 Å². The molecule has 3 amide bonds. The number of hydrogen-bond acceptors (Lipinski definition) is 7. The van der Waals surface area contributed by atoms with Crippen LogP contribution in [0.1, 0.15) is 51.7 Å². The fourth-order valence-electron chi connectivity index (χ4n) is 2.52. The predicted octanol–water partition coefficient (Wildman–Crippen LogP) is 1.97. The van der Waals surface area contributed by atoms with Crippen molar-refractivity contribution in [3.8, 4) is 0 Å². The lowest BCUT2D eigenvalue weighted by Gasteiger charge is -2.08. The van der Waals surface area contributed by atoms with E-state index >= 15 is 0 Å². The number of imide groups is 1. The van der Waals surface area contributed by atoms with Crippen LogP contribution in [0, 0.1) is 13.8 Å². The minimum atomic E-state index is -0.833. The van der Waals surface area contributed by atoms with Crippen molar-refractivity contribution in [1.82, 2.24) is 15.6 Å². The lowest BCUT2D eigenvalue weighted by atomic mass is 10.1. The largest absolute Gasteiger partial charge is 0.467 e. The molecule has 2 heterocycles. The predicted molar refractivity (Wildman–Crippen MR) is 100 cm³/mol. The summed E-state index contributed by atoms with van der Waals surface area (Å²) < 4.78 is 15.1. The average Bonchev–Trinajstić information content (AvgIpc) is 3.25. The third kappa shape index (κ3) is 5.96. The topological polar surface area (TPSA) is 140 Å². The third-order valence-corrected chi connectivity index (χ3v) is 3.78. The first-order valence-electron chi connectivity index (χ1n) is 8.86. The molecule has 0 atom stereocenters. The Morgan fingerprint density at radius 3 is 2.52 bits per heavy atom. The molecule has 0 aliphatic carbocycles. The molecule has 0 saturated carbocycles. The summed E-state index contributed by atoms with van der Waals surface area (Å²) in [6.07, 6.45) is 1.15. The SMILES string of the molecule is Cc1[nH]c(C(=O)OCC(=O)NC(=O)NCc2ccco2)c(C)c1C(=O)OC(C)C. The second-order valence-corrected chi connectivity index (χ2v) is 6.47. The number of carbonyl (C=O) groups is 4. The molecule has 0 unspecified atom stereocenters. The van der Waals surface area contributed by atoms with E-state index in [0.29, 0.717) is 17.0 Å². The van der Waals surface area contributed by atoms with E-state index in [0.717, 1.165) is 0 Å². The zero-order valence-corrected chi connectivity index (χ0v) is 16.6. The van der Waals surface area contributed by atoms with Crippen LogP contribution >= 0.6 is 0 Å². The fraction of sp³-hybridized carbons (Fsp3) is 0.368. The van der Waals surface area contributed by atoms with Gasteiger partial charge in [0.1, 0.15) is 11.5 Å². The first-order chi connectivity index (χ1) is 13.7. The van der Waals surface area contributed by atoms with E-state index in [2.05, 4.69) is 10.3 Å². The molecule has 0 spiro atoms. The molecule has 2 rings (SSSR count). The molecule has 0 aliphatic rings. The van der Waals surface area contributed by atoms with Crippen LogP contribution < -0.4 is 10.6 Å². The van der Waals surface area contributed by atoms with Crippen LogP contribution in [0.15, 0.2) is 22.8 Å². The van der Waals surface area contributed by atoms with Crippen molar-refractivity contribution in [2.75, 3.05) is 6.61 Å². The van der Waals surface area contributed by atoms with Gasteiger partial charge in [0.25, 0.3) is 5.91 Å². The van der Waals surface area contributed by atoms with Crippen molar-refractivity contribution in [1.29, 1.82) is 0 Å². The molecule has 0 aliphatic heterocycles. The Morgan fingerprint density at radius 2 is 1.90 bits per heavy atom. The molecule has 0 saturated heterocycles. The van der Waals surface area contributed by atoms with Crippen molar-refractivity contribution >= 4 is 23.9 Å². The molecular formula is C19H23N3O7. The Labute approximate surface area is 166 Å². The summed E-state index contributed by atoms with van der Waals surface area (Å²) in [6.45, 7) is 6.05. The normalized spacial score (nSPS) is 10.5. The van der Waals surface area contributed by atoms with Gasteiger partial charge in [-0.3, -0.25) is 10.1 Å². The number of nitrogens with one attached hydrogen (secondary N) is 3. The second-order valence-electron chi connectivity index (χ2n) is 6.47. The molecule has 0 fully saturated rings. The highest BCUT2D eigenvalue weighted by molar-refractivity contribution is 6.00. The summed E-state index contributed by atoms with van der Waals surface area (Å²) in [6, 6.07) is 2.57. The average molecular weight is 405 g/mol. The zero-order valence-electron chi connectivity index (χ0n) is 16.6. The highest BCUT2D eigenvalue weighted by atomic mass is 16.5. The zero-order chi connectivity index (χ0) is 21.6. The Hall–Kier alpha value is -3.56. The van der Waals surface area contributed by atoms with Crippen LogP contribution in [0.2, 0.25) is 0 Å². The Kier molecular flexibility index (Phi) is 7.18. The summed E-state index contributed by atoms with van der Waals surface area (Å²) in [5, 5.41) is 4.45. The molecule has 10 nitrogen and oxygen atoms in total. The van der Waals surface area contributed by atoms with Gasteiger partial charge in [0.2, 0.25) is 0 Å². The van der Waals surface area contributed by atoms with Crippen molar-refractivity contribution in [3.05, 3.63) is 46.7 Å². The minimum Gasteiger partial charge on any atom is -0.467 e. The van der Waals surface area contributed by atoms with Gasteiger partial charge in [0, 0.05) is 5.69 Å². The van der Waals surface area contributed by atoms with E-state index in [1.807, 2.05) is 5.32 Å². The smallest absolute Gasteiger partial charge is 0.355 e. The monoisotopic (exact) mass is 405 g/mol. The van der Waals surface area contributed by atoms with E-state index in [1.165, 1.54) is 6.26 Å². The molecule has 10 heteroatoms. The molecular weight excluding hydrogens is 382 g/mol. The Morgan fingerprint density at radius 1 is 1.17 bits per heavy atom. The molecule has 29 heavy (non-hydrogen) atoms. The quantitative estimate of drug-likeness (QED) is 0.598. The van der Waals surface area contributed by atoms with Crippen LogP contribution in [0.3, 0.4) is 0 Å². The number of aromatic amines is 1. The van der Waals surface area contributed by atoms with Crippen molar-refractivity contribution < 1.29 is 33.1 Å². The van der Waals surface area contributed by atoms with Gasteiger partial charge in [-0.2, -0.15) is 0 Å². The lowest BCUT2D eigenvalue weighted by molar-refractivity contribution is -0.123. The summed E-state index contributed by atoms with van der Waals surface area (Å²) in [4.78, 5) is 50.6. The number of urea groups is 1. The van der Waals surface area contributed by atoms with E-state index in [-0.39, 0.29) is 23.9 Å². The number of H-pyrrole nitrogens is 1. The van der Waals surface area contributed by atoms with Crippen LogP contribution in [-0.2, 0) is 20.8 Å². The fourth-order valence-corrected chi connectivity index (χ4v) is 2.52. The number of ether oxygens (including phenoxy) is 2. The number of rotatable bonds is 7. The first kappa shape index (κ1) is 21.7. The van der Waals surface area contributed by atoms with Crippen molar-refractivity contribution in [2.45, 2.75) is 40.3 Å². The van der Waals surface area contributed by atoms with Gasteiger partial charge in [-0.15, -0.1) is 0 Å². The molecule has 0 aromatic carbocycles. The van der Waals surface area contributed by atoms with Gasteiger partial charge in [0.15, 0.2) is 6.61 Å². The van der Waals surface area contributed by atoms with E-state index in [9.17, 15) is 19.2 Å². The van der Waals surface area contributed by atoms with Crippen LogP contribution in [0.4, 0.5) is 4.79 Å². The molecule has 0 bridgehead atoms. The highest BCUT2D eigenvalue weighted by Crippen LogP contribution is 2.20. The number of hydrogen-bond donors (Lipinski definition) is 3. The van der Waals surface area contributed by atoms with Crippen LogP contribution in [0.5, 0.6) is 0 Å². The minimum absolute atomic E-state index is 0.0354. The summed E-state index contributed by atoms with van der Waals surface area (Å²) in [5.41, 5.74) is 1.08. The number of aromatic nitrogens is 1. The van der Waals surface area contributed by atoms with Gasteiger partial charge in [0.05, 0.1) is 24.5 Å². The number of carbonyl (C=O) groups excluding carboxylic acids is 4. The first-order valence-corrected chi connectivity index (χ1v) is 8.86. The third-order valence-electron chi connectivity index (χ3n) is 3.78. The number of furan rings is 1. The molecule has 3 N–H and O–H groups in total. The van der Waals surface area contributed by atoms with Crippen molar-refractivity contribution in [3.63, 3.8) is 0 Å². The number of esters is 2. The summed E-state index contributed by atoms with van der Waals surface area (Å²) in [7, 11) is 0. The lowest BCUT2D eigenvalue weighted by Crippen LogP contribution is -2.41. The second kappa shape index (κ2) is 9.58. The van der Waals surface area contributed by atoms with Gasteiger partial charge in [-0.1, -0.05) is 0 Å². The van der Waals surface area contributed by atoms with Crippen molar-refractivity contribution in [2.24, 2.45) is 0 Å². The maximum atomic E-state index is 12.2. The maximum Gasteiger partial charge on any atom is 0.355 e. The number of aryl methyl sites for hydroxylation is 1. The number of amides is 3. The Bertz CT molecular complexity index is 897. The maximum absolute atomic E-state index is 12.2. The van der Waals surface area contributed by atoms with Crippen LogP contribution in [0.25, 0.3) is 0 Å². The van der Waals surface area contributed by atoms with Gasteiger partial charge >= 0.3 is 18.0 Å². The van der Waals surface area contributed by atoms with E-state index < -0.39 is 30.5 Å². The molecule has 0 radical (unpaired) electrons. The highest BCUT2D eigenvalue weighted by Gasteiger charge is 2.25. The molecule has 2 aromatic heterocycles. The summed E-state index contributed by atoms with van der Waals surface area (Å²) in [5.74, 6) is -1.68.